The highest BCUT2D eigenvalue weighted by atomic mass is 16.5. The van der Waals surface area contributed by atoms with Gasteiger partial charge in [0.15, 0.2) is 0 Å². The minimum Gasteiger partial charge on any atom is -0.477 e. The van der Waals surface area contributed by atoms with Gasteiger partial charge in [-0.05, 0) is 45.9 Å². The van der Waals surface area contributed by atoms with Crippen LogP contribution in [0.4, 0.5) is 0 Å². The van der Waals surface area contributed by atoms with E-state index in [1.165, 1.54) is 0 Å². The summed E-state index contributed by atoms with van der Waals surface area (Å²) in [6, 6.07) is 5.92. The number of hydrogen-bond donors (Lipinski definition) is 0. The van der Waals surface area contributed by atoms with Crippen molar-refractivity contribution in [1.29, 1.82) is 0 Å². The second-order valence-corrected chi connectivity index (χ2v) is 5.81. The van der Waals surface area contributed by atoms with E-state index in [0.29, 0.717) is 12.5 Å². The molecule has 0 aromatic carbocycles. The van der Waals surface area contributed by atoms with Crippen LogP contribution in [0.15, 0.2) is 24.4 Å². The first-order valence-corrected chi connectivity index (χ1v) is 8.01. The summed E-state index contributed by atoms with van der Waals surface area (Å²) in [5, 5.41) is 4.60. The zero-order chi connectivity index (χ0) is 17.3. The van der Waals surface area contributed by atoms with Crippen molar-refractivity contribution in [3.63, 3.8) is 0 Å². The number of fused-ring (bicyclic) bond motifs is 1. The molecule has 0 saturated heterocycles. The Kier molecular flexibility index (Phi) is 4.22. The lowest BCUT2D eigenvalue weighted by molar-refractivity contribution is 0.328. The molecule has 0 unspecified atom stereocenters. The van der Waals surface area contributed by atoms with Gasteiger partial charge in [-0.3, -0.25) is 4.68 Å². The zero-order valence-corrected chi connectivity index (χ0v) is 14.4. The van der Waals surface area contributed by atoms with E-state index >= 15 is 0 Å². The maximum Gasteiger partial charge on any atom is 0.222 e. The maximum atomic E-state index is 5.77. The van der Waals surface area contributed by atoms with Gasteiger partial charge in [0.1, 0.15) is 11.0 Å². The molecule has 0 aliphatic rings. The number of aryl methyl sites for hydroxylation is 1. The Morgan fingerprint density at radius 1 is 1.38 bits per heavy atom. The van der Waals surface area contributed by atoms with Crippen LogP contribution < -0.4 is 4.74 Å². The lowest BCUT2D eigenvalue weighted by Crippen LogP contribution is -2.04. The fourth-order valence-corrected chi connectivity index (χ4v) is 2.74. The van der Waals surface area contributed by atoms with Crippen molar-refractivity contribution in [3.05, 3.63) is 35.7 Å². The highest BCUT2D eigenvalue weighted by Crippen LogP contribution is 2.31. The summed E-state index contributed by atoms with van der Waals surface area (Å²) >= 11 is 0. The fraction of sp³-hybridized carbons (Fsp3) is 0.316. The van der Waals surface area contributed by atoms with E-state index in [2.05, 4.69) is 29.9 Å². The molecule has 24 heavy (non-hydrogen) atoms. The summed E-state index contributed by atoms with van der Waals surface area (Å²) in [5.41, 5.74) is 4.93. The molecule has 3 heterocycles. The van der Waals surface area contributed by atoms with Gasteiger partial charge in [-0.15, -0.1) is 6.42 Å². The second-order valence-electron chi connectivity index (χ2n) is 5.81. The van der Waals surface area contributed by atoms with Crippen LogP contribution in [0.5, 0.6) is 5.88 Å². The maximum absolute atomic E-state index is 5.77. The Hall–Kier alpha value is -2.87. The van der Waals surface area contributed by atoms with Gasteiger partial charge in [0.05, 0.1) is 29.1 Å². The van der Waals surface area contributed by atoms with Gasteiger partial charge in [0.2, 0.25) is 5.88 Å². The lowest BCUT2D eigenvalue weighted by atomic mass is 10.1. The number of pyridine rings is 2. The molecule has 0 amide bonds. The number of rotatable bonds is 4. The molecule has 0 fully saturated rings. The third-order valence-electron chi connectivity index (χ3n) is 3.80. The third kappa shape index (κ3) is 2.61. The predicted molar refractivity (Wildman–Crippen MR) is 95.0 cm³/mol. The molecular formula is C19H20N4O. The highest BCUT2D eigenvalue weighted by molar-refractivity contribution is 5.87. The van der Waals surface area contributed by atoms with Crippen molar-refractivity contribution in [2.24, 2.45) is 0 Å². The molecule has 5 heteroatoms. The van der Waals surface area contributed by atoms with Gasteiger partial charge >= 0.3 is 0 Å². The summed E-state index contributed by atoms with van der Waals surface area (Å²) in [6.45, 7) is 8.57. The minimum absolute atomic E-state index is 0.207. The van der Waals surface area contributed by atoms with Crippen molar-refractivity contribution in [1.82, 2.24) is 19.7 Å². The van der Waals surface area contributed by atoms with Gasteiger partial charge in [-0.2, -0.15) is 5.10 Å². The summed E-state index contributed by atoms with van der Waals surface area (Å²) in [6.07, 6.45) is 7.48. The standard InChI is InChI=1S/C19H20N4O/c1-6-14-11-16(15-9-8-10-20-19(15)24-7-2)21-17-13(5)22-23(12(3)4)18(14)17/h1,8-12H,7H2,2-5H3. The number of aromatic nitrogens is 4. The Labute approximate surface area is 141 Å². The Morgan fingerprint density at radius 3 is 2.83 bits per heavy atom. The molecule has 5 nitrogen and oxygen atoms in total. The zero-order valence-electron chi connectivity index (χ0n) is 14.4. The van der Waals surface area contributed by atoms with Crippen molar-refractivity contribution >= 4 is 11.0 Å². The summed E-state index contributed by atoms with van der Waals surface area (Å²) < 4.78 is 7.56. The topological polar surface area (TPSA) is 52.8 Å². The average Bonchev–Trinajstić information content (AvgIpc) is 2.92. The normalized spacial score (nSPS) is 11.0. The van der Waals surface area contributed by atoms with Crippen molar-refractivity contribution < 1.29 is 4.74 Å². The quantitative estimate of drug-likeness (QED) is 0.687. The molecule has 0 radical (unpaired) electrons. The van der Waals surface area contributed by atoms with Crippen LogP contribution in [-0.2, 0) is 0 Å². The van der Waals surface area contributed by atoms with Crippen LogP contribution >= 0.6 is 0 Å². The Morgan fingerprint density at radius 2 is 2.17 bits per heavy atom. The molecule has 0 aliphatic heterocycles. The first-order chi connectivity index (χ1) is 11.6. The fourth-order valence-electron chi connectivity index (χ4n) is 2.74. The van der Waals surface area contributed by atoms with E-state index in [4.69, 9.17) is 16.1 Å². The van der Waals surface area contributed by atoms with Crippen LogP contribution in [0, 0.1) is 19.3 Å². The van der Waals surface area contributed by atoms with Crippen LogP contribution in [0.3, 0.4) is 0 Å². The molecule has 0 aliphatic carbocycles. The van der Waals surface area contributed by atoms with Gasteiger partial charge in [-0.1, -0.05) is 5.92 Å². The van der Waals surface area contributed by atoms with E-state index in [-0.39, 0.29) is 6.04 Å². The van der Waals surface area contributed by atoms with E-state index < -0.39 is 0 Å². The van der Waals surface area contributed by atoms with Crippen LogP contribution in [-0.4, -0.2) is 26.4 Å². The molecule has 0 atom stereocenters. The first kappa shape index (κ1) is 16.0. The van der Waals surface area contributed by atoms with Gasteiger partial charge in [0.25, 0.3) is 0 Å². The van der Waals surface area contributed by atoms with E-state index in [1.54, 1.807) is 6.20 Å². The van der Waals surface area contributed by atoms with Gasteiger partial charge in [-0.25, -0.2) is 9.97 Å². The molecule has 0 saturated carbocycles. The molecular weight excluding hydrogens is 300 g/mol. The molecule has 3 rings (SSSR count). The molecule has 3 aromatic heterocycles. The minimum atomic E-state index is 0.207. The van der Waals surface area contributed by atoms with Crippen LogP contribution in [0.25, 0.3) is 22.3 Å². The van der Waals surface area contributed by atoms with Crippen molar-refractivity contribution in [2.45, 2.75) is 33.7 Å². The second kappa shape index (κ2) is 6.32. The predicted octanol–water partition coefficient (Wildman–Crippen LogP) is 3.76. The average molecular weight is 320 g/mol. The smallest absolute Gasteiger partial charge is 0.222 e. The molecule has 0 N–H and O–H groups in total. The monoisotopic (exact) mass is 320 g/mol. The molecule has 122 valence electrons. The number of hydrogen-bond acceptors (Lipinski definition) is 4. The van der Waals surface area contributed by atoms with Crippen LogP contribution in [0.1, 0.15) is 38.1 Å². The SMILES string of the molecule is C#Cc1cc(-c2cccnc2OCC)nc2c(C)nn(C(C)C)c12. The first-order valence-electron chi connectivity index (χ1n) is 8.01. The lowest BCUT2D eigenvalue weighted by Gasteiger charge is -2.11. The largest absolute Gasteiger partial charge is 0.477 e. The Balaban J connectivity index is 2.30. The summed E-state index contributed by atoms with van der Waals surface area (Å²) in [7, 11) is 0. The van der Waals surface area contributed by atoms with Gasteiger partial charge < -0.3 is 4.74 Å². The summed E-state index contributed by atoms with van der Waals surface area (Å²) in [4.78, 5) is 9.10. The molecule has 3 aromatic rings. The van der Waals surface area contributed by atoms with Gasteiger partial charge in [0, 0.05) is 12.2 Å². The van der Waals surface area contributed by atoms with Crippen molar-refractivity contribution in [3.8, 4) is 29.5 Å². The van der Waals surface area contributed by atoms with E-state index in [1.807, 2.05) is 36.7 Å². The summed E-state index contributed by atoms with van der Waals surface area (Å²) in [5.74, 6) is 3.34. The van der Waals surface area contributed by atoms with E-state index in [0.717, 1.165) is 33.5 Å². The van der Waals surface area contributed by atoms with Crippen LogP contribution in [0.2, 0.25) is 0 Å². The number of terminal acetylenes is 1. The number of nitrogens with zero attached hydrogens (tertiary/aromatic N) is 4. The molecule has 0 bridgehead atoms. The Bertz CT molecular complexity index is 934. The van der Waals surface area contributed by atoms with Crippen molar-refractivity contribution in [2.75, 3.05) is 6.61 Å². The molecule has 0 spiro atoms. The third-order valence-corrected chi connectivity index (χ3v) is 3.80. The van der Waals surface area contributed by atoms with E-state index in [9.17, 15) is 0 Å². The highest BCUT2D eigenvalue weighted by Gasteiger charge is 2.18. The number of ether oxygens (including phenoxy) is 1.